The van der Waals surface area contributed by atoms with Crippen molar-refractivity contribution >= 4 is 5.97 Å². The summed E-state index contributed by atoms with van der Waals surface area (Å²) in [7, 11) is 4.09. The van der Waals surface area contributed by atoms with E-state index in [2.05, 4.69) is 14.7 Å². The fourth-order valence-corrected chi connectivity index (χ4v) is 0.834. The summed E-state index contributed by atoms with van der Waals surface area (Å²) in [4.78, 5) is 18.8. The monoisotopic (exact) mass is 198 g/mol. The summed E-state index contributed by atoms with van der Waals surface area (Å²) < 4.78 is 14.2. The highest BCUT2D eigenvalue weighted by atomic mass is 16.5. The molecular formula is C8H10N2O4. The van der Waals surface area contributed by atoms with Gasteiger partial charge in [0.15, 0.2) is 0 Å². The van der Waals surface area contributed by atoms with Crippen molar-refractivity contribution in [2.24, 2.45) is 0 Å². The second-order valence-electron chi connectivity index (χ2n) is 2.26. The van der Waals surface area contributed by atoms with E-state index in [1.165, 1.54) is 27.5 Å². The summed E-state index contributed by atoms with van der Waals surface area (Å²) in [5, 5.41) is 0. The fraction of sp³-hybridized carbons (Fsp3) is 0.375. The summed E-state index contributed by atoms with van der Waals surface area (Å²) >= 11 is 0. The van der Waals surface area contributed by atoms with E-state index >= 15 is 0 Å². The quantitative estimate of drug-likeness (QED) is 0.649. The molecule has 1 rings (SSSR count). The number of hydrogen-bond donors (Lipinski definition) is 0. The van der Waals surface area contributed by atoms with Gasteiger partial charge in [0.1, 0.15) is 0 Å². The molecule has 0 unspecified atom stereocenters. The van der Waals surface area contributed by atoms with E-state index in [0.29, 0.717) is 0 Å². The van der Waals surface area contributed by atoms with Gasteiger partial charge in [-0.1, -0.05) is 0 Å². The highest BCUT2D eigenvalue weighted by molar-refractivity contribution is 5.89. The third kappa shape index (κ3) is 1.90. The van der Waals surface area contributed by atoms with Gasteiger partial charge in [0.25, 0.3) is 5.88 Å². The van der Waals surface area contributed by atoms with Gasteiger partial charge in [-0.3, -0.25) is 0 Å². The zero-order valence-corrected chi connectivity index (χ0v) is 8.10. The number of hydrogen-bond acceptors (Lipinski definition) is 6. The molecular weight excluding hydrogens is 188 g/mol. The van der Waals surface area contributed by atoms with Crippen LogP contribution in [0.3, 0.4) is 0 Å². The average molecular weight is 198 g/mol. The molecule has 14 heavy (non-hydrogen) atoms. The molecule has 6 heteroatoms. The number of rotatable bonds is 3. The SMILES string of the molecule is COC(=O)c1ncc(OC)nc1OC. The lowest BCUT2D eigenvalue weighted by Gasteiger charge is -2.05. The number of nitrogens with zero attached hydrogens (tertiary/aromatic N) is 2. The van der Waals surface area contributed by atoms with Crippen LogP contribution in [0.1, 0.15) is 10.5 Å². The second-order valence-corrected chi connectivity index (χ2v) is 2.26. The van der Waals surface area contributed by atoms with E-state index in [-0.39, 0.29) is 17.5 Å². The zero-order chi connectivity index (χ0) is 10.6. The van der Waals surface area contributed by atoms with Crippen LogP contribution in [0, 0.1) is 0 Å². The maximum Gasteiger partial charge on any atom is 0.362 e. The predicted octanol–water partition coefficient (Wildman–Crippen LogP) is 0.280. The Bertz CT molecular complexity index is 340. The maximum atomic E-state index is 11.1. The molecule has 0 saturated heterocycles. The minimum Gasteiger partial charge on any atom is -0.480 e. The Kier molecular flexibility index (Phi) is 3.22. The minimum atomic E-state index is -0.600. The lowest BCUT2D eigenvalue weighted by molar-refractivity contribution is 0.0588. The molecule has 0 bridgehead atoms. The fourth-order valence-electron chi connectivity index (χ4n) is 0.834. The highest BCUT2D eigenvalue weighted by Gasteiger charge is 2.16. The van der Waals surface area contributed by atoms with Crippen molar-refractivity contribution in [2.75, 3.05) is 21.3 Å². The van der Waals surface area contributed by atoms with Gasteiger partial charge in [-0.25, -0.2) is 9.78 Å². The Morgan fingerprint density at radius 3 is 2.50 bits per heavy atom. The van der Waals surface area contributed by atoms with E-state index in [0.717, 1.165) is 0 Å². The molecule has 0 N–H and O–H groups in total. The normalized spacial score (nSPS) is 9.36. The van der Waals surface area contributed by atoms with Crippen molar-refractivity contribution in [2.45, 2.75) is 0 Å². The van der Waals surface area contributed by atoms with Crippen LogP contribution < -0.4 is 9.47 Å². The van der Waals surface area contributed by atoms with E-state index in [4.69, 9.17) is 9.47 Å². The number of carbonyl (C=O) groups is 1. The van der Waals surface area contributed by atoms with Crippen molar-refractivity contribution in [1.29, 1.82) is 0 Å². The van der Waals surface area contributed by atoms with Gasteiger partial charge in [-0.05, 0) is 0 Å². The van der Waals surface area contributed by atoms with Crippen LogP contribution in [0.2, 0.25) is 0 Å². The second kappa shape index (κ2) is 4.40. The van der Waals surface area contributed by atoms with Gasteiger partial charge < -0.3 is 14.2 Å². The van der Waals surface area contributed by atoms with E-state index < -0.39 is 5.97 Å². The van der Waals surface area contributed by atoms with Crippen molar-refractivity contribution in [3.8, 4) is 11.8 Å². The topological polar surface area (TPSA) is 70.5 Å². The molecule has 1 aromatic rings. The zero-order valence-electron chi connectivity index (χ0n) is 8.10. The number of aromatic nitrogens is 2. The van der Waals surface area contributed by atoms with Gasteiger partial charge in [-0.2, -0.15) is 4.98 Å². The van der Waals surface area contributed by atoms with Gasteiger partial charge in [-0.15, -0.1) is 0 Å². The van der Waals surface area contributed by atoms with Crippen molar-refractivity contribution in [3.05, 3.63) is 11.9 Å². The summed E-state index contributed by atoms with van der Waals surface area (Å²) in [5.74, 6) is -0.247. The van der Waals surface area contributed by atoms with Gasteiger partial charge in [0, 0.05) is 0 Å². The molecule has 0 aliphatic rings. The maximum absolute atomic E-state index is 11.1. The lowest BCUT2D eigenvalue weighted by Crippen LogP contribution is -2.08. The third-order valence-corrected chi connectivity index (χ3v) is 1.50. The predicted molar refractivity (Wildman–Crippen MR) is 46.5 cm³/mol. The molecule has 0 aromatic carbocycles. The molecule has 6 nitrogen and oxygen atoms in total. The van der Waals surface area contributed by atoms with Crippen LogP contribution in [-0.4, -0.2) is 37.3 Å². The summed E-state index contributed by atoms with van der Waals surface area (Å²) in [6, 6.07) is 0. The lowest BCUT2D eigenvalue weighted by atomic mass is 10.4. The first-order valence-corrected chi connectivity index (χ1v) is 3.76. The molecule has 0 saturated carbocycles. The number of methoxy groups -OCH3 is 3. The minimum absolute atomic E-state index is 0.0239. The molecule has 0 aliphatic heterocycles. The Hall–Kier alpha value is -1.85. The number of ether oxygens (including phenoxy) is 3. The van der Waals surface area contributed by atoms with Crippen molar-refractivity contribution in [3.63, 3.8) is 0 Å². The molecule has 0 atom stereocenters. The summed E-state index contributed by atoms with van der Waals surface area (Å²) in [6.07, 6.45) is 1.31. The first-order chi connectivity index (χ1) is 6.72. The van der Waals surface area contributed by atoms with Crippen LogP contribution in [0.15, 0.2) is 6.20 Å². The van der Waals surface area contributed by atoms with Crippen molar-refractivity contribution in [1.82, 2.24) is 9.97 Å². The Balaban J connectivity index is 3.11. The smallest absolute Gasteiger partial charge is 0.362 e. The molecule has 0 amide bonds. The molecule has 1 aromatic heterocycles. The van der Waals surface area contributed by atoms with Crippen LogP contribution in [-0.2, 0) is 4.74 Å². The van der Waals surface area contributed by atoms with E-state index in [1.807, 2.05) is 0 Å². The molecule has 0 aliphatic carbocycles. The van der Waals surface area contributed by atoms with Crippen LogP contribution in [0.25, 0.3) is 0 Å². The van der Waals surface area contributed by atoms with Gasteiger partial charge in [0.2, 0.25) is 11.6 Å². The molecule has 0 radical (unpaired) electrons. The summed E-state index contributed by atoms with van der Waals surface area (Å²) in [6.45, 7) is 0. The highest BCUT2D eigenvalue weighted by Crippen LogP contribution is 2.16. The largest absolute Gasteiger partial charge is 0.480 e. The third-order valence-electron chi connectivity index (χ3n) is 1.50. The van der Waals surface area contributed by atoms with Gasteiger partial charge in [0.05, 0.1) is 27.5 Å². The molecule has 0 spiro atoms. The van der Waals surface area contributed by atoms with Crippen molar-refractivity contribution < 1.29 is 19.0 Å². The molecule has 76 valence electrons. The van der Waals surface area contributed by atoms with E-state index in [9.17, 15) is 4.79 Å². The number of esters is 1. The number of carbonyl (C=O) groups excluding carboxylic acids is 1. The standard InChI is InChI=1S/C8H10N2O4/c1-12-5-4-9-6(8(11)14-3)7(10-5)13-2/h4H,1-3H3. The van der Waals surface area contributed by atoms with E-state index in [1.54, 1.807) is 0 Å². The Morgan fingerprint density at radius 1 is 1.29 bits per heavy atom. The Labute approximate surface area is 80.8 Å². The summed E-state index contributed by atoms with van der Waals surface area (Å²) in [5.41, 5.74) is 0.0239. The molecule has 0 fully saturated rings. The Morgan fingerprint density at radius 2 is 2.00 bits per heavy atom. The van der Waals surface area contributed by atoms with Crippen LogP contribution in [0.5, 0.6) is 11.8 Å². The van der Waals surface area contributed by atoms with Gasteiger partial charge >= 0.3 is 5.97 Å². The first-order valence-electron chi connectivity index (χ1n) is 3.76. The average Bonchev–Trinajstić information content (AvgIpc) is 2.27. The van der Waals surface area contributed by atoms with Crippen LogP contribution >= 0.6 is 0 Å². The molecule has 1 heterocycles. The first kappa shape index (κ1) is 10.2. The van der Waals surface area contributed by atoms with Crippen LogP contribution in [0.4, 0.5) is 0 Å².